The lowest BCUT2D eigenvalue weighted by Gasteiger charge is -2.33. The van der Waals surface area contributed by atoms with Crippen LogP contribution < -0.4 is 5.73 Å². The van der Waals surface area contributed by atoms with Crippen molar-refractivity contribution < 1.29 is 0 Å². The highest BCUT2D eigenvalue weighted by molar-refractivity contribution is 4.84. The summed E-state index contributed by atoms with van der Waals surface area (Å²) in [6, 6.07) is 0. The average Bonchev–Trinajstić information content (AvgIpc) is 2.27. The second kappa shape index (κ2) is 8.04. The van der Waals surface area contributed by atoms with Crippen LogP contribution in [0, 0.1) is 0 Å². The fourth-order valence-electron chi connectivity index (χ4n) is 1.88. The molecule has 0 atom stereocenters. The number of hydrogen-bond acceptors (Lipinski definition) is 3. The molecule has 3 heteroatoms. The number of nitrogens with zero attached hydrogens (tertiary/aromatic N) is 2. The Morgan fingerprint density at radius 3 is 1.94 bits per heavy atom. The van der Waals surface area contributed by atoms with E-state index in [0.717, 1.165) is 39.0 Å². The van der Waals surface area contributed by atoms with Crippen LogP contribution in [0.15, 0.2) is 0 Å². The molecule has 0 fully saturated rings. The van der Waals surface area contributed by atoms with E-state index in [9.17, 15) is 0 Å². The molecule has 0 heterocycles. The Balaban J connectivity index is 3.99. The molecule has 0 aromatic heterocycles. The Bertz CT molecular complexity index is 165. The summed E-state index contributed by atoms with van der Waals surface area (Å²) in [6.45, 7) is 11.1. The monoisotopic (exact) mass is 229 g/mol. The molecule has 0 aliphatic carbocycles. The molecule has 16 heavy (non-hydrogen) atoms. The van der Waals surface area contributed by atoms with Crippen molar-refractivity contribution in [3.63, 3.8) is 0 Å². The van der Waals surface area contributed by atoms with Crippen molar-refractivity contribution in [2.75, 3.05) is 40.3 Å². The maximum atomic E-state index is 6.35. The quantitative estimate of drug-likeness (QED) is 0.654. The van der Waals surface area contributed by atoms with Crippen molar-refractivity contribution in [1.82, 2.24) is 9.80 Å². The molecule has 0 aromatic rings. The van der Waals surface area contributed by atoms with E-state index in [1.807, 2.05) is 0 Å². The van der Waals surface area contributed by atoms with Crippen molar-refractivity contribution in [3.05, 3.63) is 0 Å². The fourth-order valence-corrected chi connectivity index (χ4v) is 1.88. The fraction of sp³-hybridized carbons (Fsp3) is 1.00. The van der Waals surface area contributed by atoms with E-state index in [2.05, 4.69) is 44.7 Å². The van der Waals surface area contributed by atoms with Gasteiger partial charge in [0.1, 0.15) is 0 Å². The SMILES string of the molecule is CCN(CCCN(C)C)CC(N)(CC)CC. The van der Waals surface area contributed by atoms with Gasteiger partial charge in [-0.05, 0) is 53.0 Å². The topological polar surface area (TPSA) is 32.5 Å². The Hall–Kier alpha value is -0.120. The smallest absolute Gasteiger partial charge is 0.0278 e. The van der Waals surface area contributed by atoms with Gasteiger partial charge in [-0.2, -0.15) is 0 Å². The Morgan fingerprint density at radius 2 is 1.56 bits per heavy atom. The van der Waals surface area contributed by atoms with Crippen LogP contribution in [0.5, 0.6) is 0 Å². The Morgan fingerprint density at radius 1 is 1.00 bits per heavy atom. The maximum absolute atomic E-state index is 6.35. The zero-order valence-electron chi connectivity index (χ0n) is 11.9. The summed E-state index contributed by atoms with van der Waals surface area (Å²) in [6.07, 6.45) is 3.35. The first-order chi connectivity index (χ1) is 7.47. The molecule has 0 spiro atoms. The third-order valence-electron chi connectivity index (χ3n) is 3.47. The van der Waals surface area contributed by atoms with Gasteiger partial charge in [-0.3, -0.25) is 0 Å². The largest absolute Gasteiger partial charge is 0.324 e. The summed E-state index contributed by atoms with van der Waals surface area (Å²) in [7, 11) is 4.25. The van der Waals surface area contributed by atoms with Gasteiger partial charge in [-0.25, -0.2) is 0 Å². The Labute approximate surface area is 102 Å². The van der Waals surface area contributed by atoms with Gasteiger partial charge < -0.3 is 15.5 Å². The number of nitrogens with two attached hydrogens (primary N) is 1. The van der Waals surface area contributed by atoms with Crippen LogP contribution >= 0.6 is 0 Å². The van der Waals surface area contributed by atoms with Crippen LogP contribution in [0.2, 0.25) is 0 Å². The van der Waals surface area contributed by atoms with Crippen molar-refractivity contribution in [2.45, 2.75) is 45.6 Å². The van der Waals surface area contributed by atoms with Gasteiger partial charge >= 0.3 is 0 Å². The first-order valence-electron chi connectivity index (χ1n) is 6.63. The van der Waals surface area contributed by atoms with Gasteiger partial charge in [0.2, 0.25) is 0 Å². The summed E-state index contributed by atoms with van der Waals surface area (Å²) in [5, 5.41) is 0. The highest BCUT2D eigenvalue weighted by Gasteiger charge is 2.22. The van der Waals surface area contributed by atoms with Gasteiger partial charge in [0.15, 0.2) is 0 Å². The zero-order valence-corrected chi connectivity index (χ0v) is 11.9. The second-order valence-electron chi connectivity index (χ2n) is 5.10. The lowest BCUT2D eigenvalue weighted by molar-refractivity contribution is 0.199. The lowest BCUT2D eigenvalue weighted by Crippen LogP contribution is -2.49. The third kappa shape index (κ3) is 6.46. The number of hydrogen-bond donors (Lipinski definition) is 1. The second-order valence-corrected chi connectivity index (χ2v) is 5.10. The highest BCUT2D eigenvalue weighted by Crippen LogP contribution is 2.13. The minimum atomic E-state index is 0.00806. The van der Waals surface area contributed by atoms with Crippen LogP contribution in [-0.4, -0.2) is 55.6 Å². The molecule has 0 saturated heterocycles. The van der Waals surface area contributed by atoms with Crippen molar-refractivity contribution in [1.29, 1.82) is 0 Å². The first-order valence-corrected chi connectivity index (χ1v) is 6.63. The lowest BCUT2D eigenvalue weighted by atomic mass is 9.93. The normalized spacial score (nSPS) is 12.8. The van der Waals surface area contributed by atoms with E-state index < -0.39 is 0 Å². The molecule has 0 aliphatic heterocycles. The van der Waals surface area contributed by atoms with Gasteiger partial charge in [0.25, 0.3) is 0 Å². The van der Waals surface area contributed by atoms with Gasteiger partial charge in [0.05, 0.1) is 0 Å². The zero-order chi connectivity index (χ0) is 12.6. The van der Waals surface area contributed by atoms with Crippen LogP contribution in [0.3, 0.4) is 0 Å². The summed E-state index contributed by atoms with van der Waals surface area (Å²) >= 11 is 0. The standard InChI is InChI=1S/C13H31N3/c1-6-13(14,7-2)12-16(8-3)11-9-10-15(4)5/h6-12,14H2,1-5H3. The third-order valence-corrected chi connectivity index (χ3v) is 3.47. The van der Waals surface area contributed by atoms with E-state index in [-0.39, 0.29) is 5.54 Å². The molecule has 0 saturated carbocycles. The number of rotatable bonds is 9. The van der Waals surface area contributed by atoms with Crippen LogP contribution in [0.25, 0.3) is 0 Å². The van der Waals surface area contributed by atoms with Gasteiger partial charge in [0, 0.05) is 12.1 Å². The van der Waals surface area contributed by atoms with E-state index in [1.54, 1.807) is 0 Å². The Kier molecular flexibility index (Phi) is 7.98. The molecule has 0 aromatic carbocycles. The summed E-state index contributed by atoms with van der Waals surface area (Å²) in [4.78, 5) is 4.72. The van der Waals surface area contributed by atoms with E-state index >= 15 is 0 Å². The molecule has 3 nitrogen and oxygen atoms in total. The molecule has 0 radical (unpaired) electrons. The molecule has 0 rings (SSSR count). The van der Waals surface area contributed by atoms with Crippen molar-refractivity contribution >= 4 is 0 Å². The molecule has 98 valence electrons. The summed E-state index contributed by atoms with van der Waals surface area (Å²) in [5.41, 5.74) is 6.36. The van der Waals surface area contributed by atoms with Gasteiger partial charge in [-0.1, -0.05) is 20.8 Å². The van der Waals surface area contributed by atoms with E-state index in [4.69, 9.17) is 5.73 Å². The minimum absolute atomic E-state index is 0.00806. The van der Waals surface area contributed by atoms with Crippen LogP contribution in [-0.2, 0) is 0 Å². The average molecular weight is 229 g/mol. The number of likely N-dealkylation sites (N-methyl/N-ethyl adjacent to an activating group) is 1. The molecule has 0 aliphatic rings. The highest BCUT2D eigenvalue weighted by atomic mass is 15.1. The molecule has 0 amide bonds. The van der Waals surface area contributed by atoms with E-state index in [0.29, 0.717) is 0 Å². The predicted octanol–water partition coefficient (Wildman–Crippen LogP) is 1.78. The van der Waals surface area contributed by atoms with E-state index in [1.165, 1.54) is 6.42 Å². The maximum Gasteiger partial charge on any atom is 0.0278 e. The van der Waals surface area contributed by atoms with Crippen LogP contribution in [0.4, 0.5) is 0 Å². The summed E-state index contributed by atoms with van der Waals surface area (Å²) in [5.74, 6) is 0. The minimum Gasteiger partial charge on any atom is -0.324 e. The summed E-state index contributed by atoms with van der Waals surface area (Å²) < 4.78 is 0. The van der Waals surface area contributed by atoms with Gasteiger partial charge in [-0.15, -0.1) is 0 Å². The first kappa shape index (κ1) is 15.9. The molecule has 2 N–H and O–H groups in total. The molecular formula is C13H31N3. The van der Waals surface area contributed by atoms with Crippen molar-refractivity contribution in [2.24, 2.45) is 5.73 Å². The van der Waals surface area contributed by atoms with Crippen LogP contribution in [0.1, 0.15) is 40.0 Å². The predicted molar refractivity (Wildman–Crippen MR) is 72.8 cm³/mol. The molecule has 0 unspecified atom stereocenters. The molecule has 0 bridgehead atoms. The van der Waals surface area contributed by atoms with Crippen molar-refractivity contribution in [3.8, 4) is 0 Å². The molecular weight excluding hydrogens is 198 g/mol.